The Hall–Kier alpha value is -5.64. The van der Waals surface area contributed by atoms with Crippen LogP contribution in [0.25, 0.3) is 22.5 Å². The summed E-state index contributed by atoms with van der Waals surface area (Å²) in [6.07, 6.45) is 0. The van der Waals surface area contributed by atoms with E-state index in [-0.39, 0.29) is 0 Å². The molecule has 0 unspecified atom stereocenters. The Bertz CT molecular complexity index is 2100. The number of hydrogen-bond donors (Lipinski definition) is 3. The first-order valence-corrected chi connectivity index (χ1v) is 16.1. The van der Waals surface area contributed by atoms with Crippen molar-refractivity contribution in [2.45, 2.75) is 27.7 Å². The molecular formula is C38H35Cl2N9. The topological polar surface area (TPSA) is 126 Å². The third-order valence-corrected chi connectivity index (χ3v) is 7.87. The summed E-state index contributed by atoms with van der Waals surface area (Å²) in [5.74, 6) is 2.65. The van der Waals surface area contributed by atoms with Gasteiger partial charge in [-0.1, -0.05) is 102 Å². The fraction of sp³-hybridized carbons (Fsp3) is 0.105. The normalized spacial score (nSPS) is 11.4. The molecule has 0 aliphatic heterocycles. The number of aromatic nitrogens is 4. The van der Waals surface area contributed by atoms with E-state index in [0.717, 1.165) is 45.1 Å². The molecule has 246 valence electrons. The zero-order valence-electron chi connectivity index (χ0n) is 27.5. The van der Waals surface area contributed by atoms with Crippen LogP contribution in [0, 0.1) is 13.8 Å². The third-order valence-electron chi connectivity index (χ3n) is 7.13. The van der Waals surface area contributed by atoms with Crippen molar-refractivity contribution in [3.05, 3.63) is 148 Å². The molecule has 4 N–H and O–H groups in total. The first-order chi connectivity index (χ1) is 23.6. The molecule has 11 heteroatoms. The van der Waals surface area contributed by atoms with Gasteiger partial charge in [0.05, 0.1) is 32.9 Å². The van der Waals surface area contributed by atoms with Gasteiger partial charge in [0.15, 0.2) is 0 Å². The van der Waals surface area contributed by atoms with Crippen molar-refractivity contribution in [3.8, 4) is 22.5 Å². The molecule has 0 amide bonds. The lowest BCUT2D eigenvalue weighted by Crippen LogP contribution is -2.03. The van der Waals surface area contributed by atoms with Crippen LogP contribution in [-0.2, 0) is 0 Å². The van der Waals surface area contributed by atoms with Crippen LogP contribution in [0.15, 0.2) is 125 Å². The van der Waals surface area contributed by atoms with Gasteiger partial charge in [0.2, 0.25) is 0 Å². The maximum absolute atomic E-state index is 6.06. The highest BCUT2D eigenvalue weighted by atomic mass is 35.5. The van der Waals surface area contributed by atoms with Gasteiger partial charge < -0.3 is 5.73 Å². The molecule has 0 saturated heterocycles. The minimum absolute atomic E-state index is 0.498. The Labute approximate surface area is 296 Å². The lowest BCUT2D eigenvalue weighted by atomic mass is 10.1. The van der Waals surface area contributed by atoms with Crippen LogP contribution < -0.4 is 16.6 Å². The minimum Gasteiger partial charge on any atom is -0.399 e. The third kappa shape index (κ3) is 9.93. The monoisotopic (exact) mass is 687 g/mol. The predicted octanol–water partition coefficient (Wildman–Crippen LogP) is 9.47. The van der Waals surface area contributed by atoms with Gasteiger partial charge in [0.1, 0.15) is 23.3 Å². The molecule has 0 spiro atoms. The summed E-state index contributed by atoms with van der Waals surface area (Å²) in [4.78, 5) is 17.7. The minimum atomic E-state index is 0.498. The number of hydrogen-bond acceptors (Lipinski definition) is 9. The second-order valence-corrected chi connectivity index (χ2v) is 11.8. The largest absolute Gasteiger partial charge is 0.399 e. The summed E-state index contributed by atoms with van der Waals surface area (Å²) in [6.45, 7) is 7.53. The number of nitrogens with two attached hydrogens (primary N) is 1. The van der Waals surface area contributed by atoms with E-state index < -0.39 is 0 Å². The molecule has 0 radical (unpaired) electrons. The Morgan fingerprint density at radius 2 is 1.04 bits per heavy atom. The van der Waals surface area contributed by atoms with Crippen molar-refractivity contribution >= 4 is 51.9 Å². The van der Waals surface area contributed by atoms with Crippen molar-refractivity contribution in [1.82, 2.24) is 19.9 Å². The van der Waals surface area contributed by atoms with Crippen LogP contribution >= 0.6 is 23.2 Å². The van der Waals surface area contributed by atoms with Crippen LogP contribution in [0.2, 0.25) is 10.0 Å². The molecule has 6 rings (SSSR count). The van der Waals surface area contributed by atoms with Gasteiger partial charge in [-0.25, -0.2) is 19.9 Å². The Kier molecular flexibility index (Phi) is 11.6. The van der Waals surface area contributed by atoms with Crippen molar-refractivity contribution in [2.24, 2.45) is 10.2 Å². The van der Waals surface area contributed by atoms with E-state index in [1.807, 2.05) is 131 Å². The van der Waals surface area contributed by atoms with Crippen LogP contribution in [0.5, 0.6) is 0 Å². The summed E-state index contributed by atoms with van der Waals surface area (Å²) in [6, 6.07) is 36.7. The molecule has 0 bridgehead atoms. The summed E-state index contributed by atoms with van der Waals surface area (Å²) < 4.78 is 0. The van der Waals surface area contributed by atoms with Gasteiger partial charge >= 0.3 is 0 Å². The standard InChI is InChI=1S/C19H16Cl2N4.C19H19N5/c1-12(15-8-9-16(20)17(21)10-15)24-25-19-11-18(22-13(2)23-19)14-6-4-3-5-7-14;1-13(16-9-6-10-17(20)11-16)23-24-19-12-18(21-14(2)22-19)15-7-4-3-5-8-15/h3-11H,1-2H3,(H,22,23,25);3-12H,20H2,1-2H3,(H,21,22,24)/b24-12-;23-13+. The number of anilines is 3. The maximum Gasteiger partial charge on any atom is 0.150 e. The molecule has 0 saturated carbocycles. The Balaban J connectivity index is 0.000000191. The molecule has 0 aliphatic carbocycles. The highest BCUT2D eigenvalue weighted by Crippen LogP contribution is 2.24. The zero-order valence-corrected chi connectivity index (χ0v) is 29.0. The average molecular weight is 689 g/mol. The highest BCUT2D eigenvalue weighted by Gasteiger charge is 2.07. The quantitative estimate of drug-likeness (QED) is 0.0826. The van der Waals surface area contributed by atoms with E-state index in [1.54, 1.807) is 12.1 Å². The maximum atomic E-state index is 6.06. The van der Waals surface area contributed by atoms with E-state index >= 15 is 0 Å². The number of nitrogens with zero attached hydrogens (tertiary/aromatic N) is 6. The summed E-state index contributed by atoms with van der Waals surface area (Å²) >= 11 is 12.0. The van der Waals surface area contributed by atoms with Crippen LogP contribution in [0.4, 0.5) is 17.3 Å². The lowest BCUT2D eigenvalue weighted by Gasteiger charge is -2.07. The lowest BCUT2D eigenvalue weighted by molar-refractivity contribution is 1.05. The fourth-order valence-electron chi connectivity index (χ4n) is 4.66. The van der Waals surface area contributed by atoms with Crippen LogP contribution in [0.1, 0.15) is 36.6 Å². The molecule has 49 heavy (non-hydrogen) atoms. The molecule has 0 fully saturated rings. The number of halogens is 2. The molecule has 6 aromatic rings. The Morgan fingerprint density at radius 1 is 0.551 bits per heavy atom. The van der Waals surface area contributed by atoms with Gasteiger partial charge in [0.25, 0.3) is 0 Å². The van der Waals surface area contributed by atoms with Gasteiger partial charge in [-0.3, -0.25) is 10.9 Å². The van der Waals surface area contributed by atoms with Gasteiger partial charge in [-0.05, 0) is 63.1 Å². The van der Waals surface area contributed by atoms with Crippen LogP contribution in [-0.4, -0.2) is 31.4 Å². The van der Waals surface area contributed by atoms with E-state index in [4.69, 9.17) is 28.9 Å². The molecular weight excluding hydrogens is 653 g/mol. The average Bonchev–Trinajstić information content (AvgIpc) is 3.11. The first kappa shape index (κ1) is 34.7. The van der Waals surface area contributed by atoms with E-state index in [2.05, 4.69) is 41.0 Å². The number of hydrazone groups is 2. The second-order valence-electron chi connectivity index (χ2n) is 11.0. The van der Waals surface area contributed by atoms with E-state index in [0.29, 0.717) is 39.0 Å². The summed E-state index contributed by atoms with van der Waals surface area (Å²) in [5, 5.41) is 9.81. The SMILES string of the molecule is C/C(=N/Nc1cc(-c2ccccc2)nc(C)n1)c1ccc(Cl)c(Cl)c1.C/C(=N\Nc1cc(-c2ccccc2)nc(C)n1)c1cccc(N)c1. The number of benzene rings is 4. The van der Waals surface area contributed by atoms with Gasteiger partial charge in [-0.15, -0.1) is 0 Å². The summed E-state index contributed by atoms with van der Waals surface area (Å²) in [7, 11) is 0. The zero-order chi connectivity index (χ0) is 34.8. The molecule has 2 heterocycles. The number of rotatable bonds is 8. The van der Waals surface area contributed by atoms with E-state index in [9.17, 15) is 0 Å². The van der Waals surface area contributed by atoms with Gasteiger partial charge in [-0.2, -0.15) is 10.2 Å². The first-order valence-electron chi connectivity index (χ1n) is 15.4. The molecule has 0 atom stereocenters. The number of nitrogens with one attached hydrogen (secondary N) is 2. The van der Waals surface area contributed by atoms with E-state index in [1.165, 1.54) is 0 Å². The van der Waals surface area contributed by atoms with Crippen LogP contribution in [0.3, 0.4) is 0 Å². The predicted molar refractivity (Wildman–Crippen MR) is 203 cm³/mol. The number of aryl methyl sites for hydroxylation is 2. The van der Waals surface area contributed by atoms with Crippen molar-refractivity contribution in [2.75, 3.05) is 16.6 Å². The number of nitrogen functional groups attached to an aromatic ring is 1. The molecule has 4 aromatic carbocycles. The van der Waals surface area contributed by atoms with Crippen molar-refractivity contribution in [3.63, 3.8) is 0 Å². The smallest absolute Gasteiger partial charge is 0.150 e. The second kappa shape index (κ2) is 16.5. The van der Waals surface area contributed by atoms with Gasteiger partial charge in [0, 0.05) is 28.9 Å². The molecule has 9 nitrogen and oxygen atoms in total. The summed E-state index contributed by atoms with van der Waals surface area (Å²) in [5.41, 5.74) is 19.8. The Morgan fingerprint density at radius 3 is 1.51 bits per heavy atom. The van der Waals surface area contributed by atoms with Crippen molar-refractivity contribution < 1.29 is 0 Å². The van der Waals surface area contributed by atoms with Crippen molar-refractivity contribution in [1.29, 1.82) is 0 Å². The fourth-order valence-corrected chi connectivity index (χ4v) is 4.96. The highest BCUT2D eigenvalue weighted by molar-refractivity contribution is 6.42. The molecule has 0 aliphatic rings. The molecule has 2 aromatic heterocycles.